The molecular formula is C15H17BrN2O3. The number of halogens is 1. The Morgan fingerprint density at radius 3 is 2.76 bits per heavy atom. The molecule has 1 saturated heterocycles. The number of nitrogens with zero attached hydrogens (tertiary/aromatic N) is 2. The molecule has 21 heavy (non-hydrogen) atoms. The highest BCUT2D eigenvalue weighted by molar-refractivity contribution is 9.10. The molecule has 3 rings (SSSR count). The number of anilines is 1. The molecule has 6 heteroatoms. The first-order chi connectivity index (χ1) is 9.89. The quantitative estimate of drug-likeness (QED) is 0.843. The third kappa shape index (κ3) is 1.85. The van der Waals surface area contributed by atoms with Gasteiger partial charge in [0.1, 0.15) is 5.54 Å². The van der Waals surface area contributed by atoms with Crippen LogP contribution in [0.1, 0.15) is 32.3 Å². The molecule has 2 aliphatic rings. The van der Waals surface area contributed by atoms with E-state index in [9.17, 15) is 14.7 Å². The number of hydrogen-bond donors (Lipinski definition) is 1. The van der Waals surface area contributed by atoms with Crippen LogP contribution in [-0.2, 0) is 10.3 Å². The lowest BCUT2D eigenvalue weighted by Gasteiger charge is -2.36. The molecule has 1 atom stereocenters. The maximum Gasteiger partial charge on any atom is 0.418 e. The van der Waals surface area contributed by atoms with Gasteiger partial charge in [-0.25, -0.2) is 9.69 Å². The van der Waals surface area contributed by atoms with Gasteiger partial charge in [0.2, 0.25) is 0 Å². The normalized spacial score (nSPS) is 25.1. The zero-order valence-corrected chi connectivity index (χ0v) is 13.6. The monoisotopic (exact) mass is 352 g/mol. The lowest BCUT2D eigenvalue weighted by molar-refractivity contribution is -0.129. The standard InChI is InChI=1S/C15H17BrN2O3/c1-9(2)17-7-3-6-15(17)11-8-10(16)4-5-12(11)18(13(15)19)14(20)21/h4-5,8-9H,3,6-7H2,1-2H3,(H,20,21). The molecule has 1 aromatic rings. The first-order valence-electron chi connectivity index (χ1n) is 7.04. The van der Waals surface area contributed by atoms with Crippen molar-refractivity contribution in [3.05, 3.63) is 28.2 Å². The summed E-state index contributed by atoms with van der Waals surface area (Å²) in [5, 5.41) is 9.44. The lowest BCUT2D eigenvalue weighted by Crippen LogP contribution is -2.52. The van der Waals surface area contributed by atoms with Gasteiger partial charge in [0, 0.05) is 16.1 Å². The molecule has 5 nitrogen and oxygen atoms in total. The highest BCUT2D eigenvalue weighted by Gasteiger charge is 2.58. The molecule has 1 aromatic carbocycles. The van der Waals surface area contributed by atoms with Gasteiger partial charge in [0.15, 0.2) is 0 Å². The van der Waals surface area contributed by atoms with Gasteiger partial charge < -0.3 is 5.11 Å². The van der Waals surface area contributed by atoms with Crippen LogP contribution in [0.4, 0.5) is 10.5 Å². The maximum absolute atomic E-state index is 12.9. The minimum atomic E-state index is -1.21. The van der Waals surface area contributed by atoms with Crippen molar-refractivity contribution in [2.75, 3.05) is 11.4 Å². The molecule has 0 aromatic heterocycles. The molecule has 0 radical (unpaired) electrons. The fraction of sp³-hybridized carbons (Fsp3) is 0.467. The van der Waals surface area contributed by atoms with E-state index in [2.05, 4.69) is 20.8 Å². The van der Waals surface area contributed by atoms with Crippen molar-refractivity contribution in [2.45, 2.75) is 38.3 Å². The number of imide groups is 1. The van der Waals surface area contributed by atoms with E-state index < -0.39 is 11.6 Å². The van der Waals surface area contributed by atoms with E-state index in [1.54, 1.807) is 12.1 Å². The van der Waals surface area contributed by atoms with Crippen molar-refractivity contribution < 1.29 is 14.7 Å². The topological polar surface area (TPSA) is 60.9 Å². The van der Waals surface area contributed by atoms with Crippen molar-refractivity contribution in [3.63, 3.8) is 0 Å². The average molecular weight is 353 g/mol. The Hall–Kier alpha value is -1.40. The number of carboxylic acid groups (broad SMARTS) is 1. The van der Waals surface area contributed by atoms with Crippen LogP contribution in [0.3, 0.4) is 0 Å². The molecule has 0 bridgehead atoms. The zero-order valence-electron chi connectivity index (χ0n) is 12.0. The summed E-state index contributed by atoms with van der Waals surface area (Å²) < 4.78 is 0.858. The van der Waals surface area contributed by atoms with Gasteiger partial charge in [-0.1, -0.05) is 15.9 Å². The Morgan fingerprint density at radius 2 is 2.14 bits per heavy atom. The second-order valence-corrected chi connectivity index (χ2v) is 6.75. The van der Waals surface area contributed by atoms with Gasteiger partial charge >= 0.3 is 6.09 Å². The summed E-state index contributed by atoms with van der Waals surface area (Å²) in [5.41, 5.74) is 0.463. The van der Waals surface area contributed by atoms with Crippen LogP contribution < -0.4 is 4.90 Å². The van der Waals surface area contributed by atoms with E-state index in [1.807, 2.05) is 19.9 Å². The van der Waals surface area contributed by atoms with Gasteiger partial charge in [0.25, 0.3) is 5.91 Å². The van der Waals surface area contributed by atoms with Crippen molar-refractivity contribution >= 4 is 33.6 Å². The van der Waals surface area contributed by atoms with Crippen molar-refractivity contribution in [1.29, 1.82) is 0 Å². The molecule has 1 spiro atoms. The van der Waals surface area contributed by atoms with E-state index in [4.69, 9.17) is 0 Å². The third-order valence-electron chi connectivity index (χ3n) is 4.44. The summed E-state index contributed by atoms with van der Waals surface area (Å²) in [6, 6.07) is 5.54. The molecule has 2 aliphatic heterocycles. The second-order valence-electron chi connectivity index (χ2n) is 5.84. The van der Waals surface area contributed by atoms with E-state index in [1.165, 1.54) is 0 Å². The molecule has 2 amide bonds. The SMILES string of the molecule is CC(C)N1CCCC12C(=O)N(C(=O)O)c1ccc(Br)cc12. The highest BCUT2D eigenvalue weighted by Crippen LogP contribution is 2.51. The molecule has 1 fully saturated rings. The fourth-order valence-electron chi connectivity index (χ4n) is 3.69. The zero-order chi connectivity index (χ0) is 15.4. The Labute approximate surface area is 131 Å². The molecule has 0 aliphatic carbocycles. The number of carbonyl (C=O) groups is 2. The molecule has 0 saturated carbocycles. The van der Waals surface area contributed by atoms with E-state index in [0.29, 0.717) is 12.1 Å². The average Bonchev–Trinajstić information content (AvgIpc) is 2.94. The summed E-state index contributed by atoms with van der Waals surface area (Å²) in [6.45, 7) is 4.89. The number of carbonyl (C=O) groups excluding carboxylic acids is 1. The van der Waals surface area contributed by atoms with E-state index in [0.717, 1.165) is 27.9 Å². The summed E-state index contributed by atoms with van der Waals surface area (Å²) in [4.78, 5) is 27.5. The largest absolute Gasteiger partial charge is 0.464 e. The van der Waals surface area contributed by atoms with Gasteiger partial charge in [0.05, 0.1) is 5.69 Å². The summed E-state index contributed by atoms with van der Waals surface area (Å²) in [7, 11) is 0. The number of benzene rings is 1. The van der Waals surface area contributed by atoms with Crippen LogP contribution in [-0.4, -0.2) is 34.6 Å². The maximum atomic E-state index is 12.9. The third-order valence-corrected chi connectivity index (χ3v) is 4.94. The van der Waals surface area contributed by atoms with Crippen LogP contribution in [0, 0.1) is 0 Å². The van der Waals surface area contributed by atoms with Crippen molar-refractivity contribution in [2.24, 2.45) is 0 Å². The van der Waals surface area contributed by atoms with Crippen LogP contribution >= 0.6 is 15.9 Å². The first-order valence-corrected chi connectivity index (χ1v) is 7.83. The number of amides is 2. The molecule has 1 unspecified atom stereocenters. The first kappa shape index (κ1) is 14.5. The summed E-state index contributed by atoms with van der Waals surface area (Å²) >= 11 is 3.43. The highest BCUT2D eigenvalue weighted by atomic mass is 79.9. The number of likely N-dealkylation sites (tertiary alicyclic amines) is 1. The van der Waals surface area contributed by atoms with Crippen molar-refractivity contribution in [3.8, 4) is 0 Å². The Morgan fingerprint density at radius 1 is 1.43 bits per heavy atom. The van der Waals surface area contributed by atoms with Crippen LogP contribution in [0.2, 0.25) is 0 Å². The number of fused-ring (bicyclic) bond motifs is 2. The number of hydrogen-bond acceptors (Lipinski definition) is 3. The van der Waals surface area contributed by atoms with Gasteiger partial charge in [-0.3, -0.25) is 9.69 Å². The van der Waals surface area contributed by atoms with Crippen LogP contribution in [0.25, 0.3) is 0 Å². The van der Waals surface area contributed by atoms with Gasteiger partial charge in [-0.2, -0.15) is 0 Å². The predicted octanol–water partition coefficient (Wildman–Crippen LogP) is 3.17. The Balaban J connectivity index is 2.25. The fourth-order valence-corrected chi connectivity index (χ4v) is 4.05. The molecule has 2 heterocycles. The van der Waals surface area contributed by atoms with Crippen molar-refractivity contribution in [1.82, 2.24) is 4.90 Å². The minimum absolute atomic E-state index is 0.178. The molecular weight excluding hydrogens is 336 g/mol. The van der Waals surface area contributed by atoms with Crippen LogP contribution in [0.5, 0.6) is 0 Å². The van der Waals surface area contributed by atoms with Gasteiger partial charge in [-0.05, 0) is 51.4 Å². The van der Waals surface area contributed by atoms with Gasteiger partial charge in [-0.15, -0.1) is 0 Å². The Kier molecular flexibility index (Phi) is 3.33. The second kappa shape index (κ2) is 4.81. The molecule has 112 valence electrons. The smallest absolute Gasteiger partial charge is 0.418 e. The predicted molar refractivity (Wildman–Crippen MR) is 82.4 cm³/mol. The Bertz CT molecular complexity index is 631. The summed E-state index contributed by atoms with van der Waals surface area (Å²) in [5.74, 6) is -0.339. The minimum Gasteiger partial charge on any atom is -0.464 e. The van der Waals surface area contributed by atoms with E-state index >= 15 is 0 Å². The lowest BCUT2D eigenvalue weighted by atomic mass is 9.88. The number of rotatable bonds is 1. The van der Waals surface area contributed by atoms with Crippen LogP contribution in [0.15, 0.2) is 22.7 Å². The summed E-state index contributed by atoms with van der Waals surface area (Å²) in [6.07, 6.45) is 0.344. The van der Waals surface area contributed by atoms with E-state index in [-0.39, 0.29) is 11.9 Å². The molecule has 1 N–H and O–H groups in total.